The molecule has 2 aromatic heterocycles. The van der Waals surface area contributed by atoms with Gasteiger partial charge < -0.3 is 14.8 Å². The zero-order valence-corrected chi connectivity index (χ0v) is 13.2. The van der Waals surface area contributed by atoms with Crippen molar-refractivity contribution in [2.24, 2.45) is 7.05 Å². The first kappa shape index (κ1) is 14.2. The third kappa shape index (κ3) is 2.26. The lowest BCUT2D eigenvalue weighted by atomic mass is 10.1. The van der Waals surface area contributed by atoms with E-state index >= 15 is 0 Å². The molecule has 1 N–H and O–H groups in total. The van der Waals surface area contributed by atoms with Crippen LogP contribution in [0.15, 0.2) is 11.1 Å². The van der Waals surface area contributed by atoms with E-state index in [1.807, 2.05) is 18.7 Å². The molecule has 1 atom stereocenters. The van der Waals surface area contributed by atoms with Gasteiger partial charge in [0.25, 0.3) is 11.5 Å². The van der Waals surface area contributed by atoms with Crippen molar-refractivity contribution >= 4 is 27.5 Å². The lowest BCUT2D eigenvalue weighted by Crippen LogP contribution is -2.52. The molecule has 0 unspecified atom stereocenters. The maximum Gasteiger partial charge on any atom is 0.264 e. The molecule has 0 aromatic carbocycles. The summed E-state index contributed by atoms with van der Waals surface area (Å²) in [5.74, 6) is 0.00607. The van der Waals surface area contributed by atoms with Gasteiger partial charge in [0.1, 0.15) is 4.83 Å². The summed E-state index contributed by atoms with van der Waals surface area (Å²) in [6.07, 6.45) is 1.50. The van der Waals surface area contributed by atoms with Crippen LogP contribution in [0.2, 0.25) is 0 Å². The van der Waals surface area contributed by atoms with Gasteiger partial charge in [0.15, 0.2) is 0 Å². The third-order valence-electron chi connectivity index (χ3n) is 3.97. The topological polar surface area (TPSA) is 67.2 Å². The highest BCUT2D eigenvalue weighted by atomic mass is 32.1. The fraction of sp³-hybridized carbons (Fsp3) is 0.500. The largest absolute Gasteiger partial charge is 0.333 e. The van der Waals surface area contributed by atoms with E-state index in [1.54, 1.807) is 7.05 Å². The van der Waals surface area contributed by atoms with Crippen LogP contribution in [-0.2, 0) is 7.05 Å². The van der Waals surface area contributed by atoms with Crippen molar-refractivity contribution in [1.82, 2.24) is 19.8 Å². The number of nitrogens with one attached hydrogen (secondary N) is 1. The summed E-state index contributed by atoms with van der Waals surface area (Å²) < 4.78 is 1.45. The second kappa shape index (κ2) is 5.23. The number of fused-ring (bicyclic) bond motifs is 1. The van der Waals surface area contributed by atoms with Crippen molar-refractivity contribution in [2.75, 3.05) is 19.6 Å². The molecule has 21 heavy (non-hydrogen) atoms. The second-order valence-electron chi connectivity index (χ2n) is 5.45. The molecular formula is C14H18N4O2S. The molecule has 1 aliphatic rings. The van der Waals surface area contributed by atoms with E-state index in [1.165, 1.54) is 22.2 Å². The standard InChI is InChI=1S/C14H18N4O2S/c1-8-6-15-4-5-18(8)14(20)11-9(2)10-12(21-11)16-7-17(3)13(10)19/h7-8,15H,4-6H2,1-3H3/t8-/m1/s1. The van der Waals surface area contributed by atoms with Crippen LogP contribution in [0.3, 0.4) is 0 Å². The highest BCUT2D eigenvalue weighted by Gasteiger charge is 2.28. The average molecular weight is 306 g/mol. The van der Waals surface area contributed by atoms with Gasteiger partial charge >= 0.3 is 0 Å². The first-order chi connectivity index (χ1) is 10.0. The SMILES string of the molecule is Cc1c(C(=O)N2CCNC[C@H]2C)sc2ncn(C)c(=O)c12. The summed E-state index contributed by atoms with van der Waals surface area (Å²) in [4.78, 5) is 32.4. The minimum Gasteiger partial charge on any atom is -0.333 e. The minimum absolute atomic E-state index is 0.00607. The molecule has 1 amide bonds. The molecular weight excluding hydrogens is 288 g/mol. The smallest absolute Gasteiger partial charge is 0.264 e. The number of rotatable bonds is 1. The first-order valence-corrected chi connectivity index (χ1v) is 7.78. The molecule has 0 saturated carbocycles. The lowest BCUT2D eigenvalue weighted by molar-refractivity contribution is 0.0660. The van der Waals surface area contributed by atoms with E-state index in [4.69, 9.17) is 0 Å². The summed E-state index contributed by atoms with van der Waals surface area (Å²) >= 11 is 1.31. The van der Waals surface area contributed by atoms with Crippen LogP contribution in [0.1, 0.15) is 22.2 Å². The Kier molecular flexibility index (Phi) is 3.54. The van der Waals surface area contributed by atoms with E-state index in [9.17, 15) is 9.59 Å². The predicted octanol–water partition coefficient (Wildman–Crippen LogP) is 0.737. The van der Waals surface area contributed by atoms with Crippen LogP contribution < -0.4 is 10.9 Å². The average Bonchev–Trinajstić information content (AvgIpc) is 2.80. The summed E-state index contributed by atoms with van der Waals surface area (Å²) in [6.45, 7) is 6.17. The predicted molar refractivity (Wildman–Crippen MR) is 83.0 cm³/mol. The number of hydrogen-bond acceptors (Lipinski definition) is 5. The number of aryl methyl sites for hydroxylation is 2. The Balaban J connectivity index is 2.08. The van der Waals surface area contributed by atoms with E-state index in [0.717, 1.165) is 18.7 Å². The molecule has 3 heterocycles. The van der Waals surface area contributed by atoms with Crippen LogP contribution in [0.5, 0.6) is 0 Å². The summed E-state index contributed by atoms with van der Waals surface area (Å²) in [7, 11) is 1.67. The van der Waals surface area contributed by atoms with Gasteiger partial charge in [-0.05, 0) is 19.4 Å². The molecule has 1 aliphatic heterocycles. The van der Waals surface area contributed by atoms with Crippen molar-refractivity contribution in [2.45, 2.75) is 19.9 Å². The van der Waals surface area contributed by atoms with Gasteiger partial charge in [0.2, 0.25) is 0 Å². The lowest BCUT2D eigenvalue weighted by Gasteiger charge is -2.33. The van der Waals surface area contributed by atoms with Crippen molar-refractivity contribution in [3.8, 4) is 0 Å². The van der Waals surface area contributed by atoms with Gasteiger partial charge in [-0.15, -0.1) is 11.3 Å². The second-order valence-corrected chi connectivity index (χ2v) is 6.45. The zero-order chi connectivity index (χ0) is 15.1. The normalized spacial score (nSPS) is 19.2. The maximum absolute atomic E-state index is 12.8. The molecule has 1 fully saturated rings. The Bertz CT molecular complexity index is 764. The molecule has 0 radical (unpaired) electrons. The van der Waals surface area contributed by atoms with Crippen LogP contribution in [0.25, 0.3) is 10.2 Å². The quantitative estimate of drug-likeness (QED) is 0.844. The van der Waals surface area contributed by atoms with E-state index in [-0.39, 0.29) is 17.5 Å². The van der Waals surface area contributed by atoms with Gasteiger partial charge in [-0.25, -0.2) is 4.98 Å². The Morgan fingerprint density at radius 3 is 3.00 bits per heavy atom. The van der Waals surface area contributed by atoms with Crippen molar-refractivity contribution in [3.63, 3.8) is 0 Å². The number of hydrogen-bond donors (Lipinski definition) is 1. The zero-order valence-electron chi connectivity index (χ0n) is 12.3. The van der Waals surface area contributed by atoms with Crippen LogP contribution in [-0.4, -0.2) is 46.0 Å². The number of nitrogens with zero attached hydrogens (tertiary/aromatic N) is 3. The number of thiophene rings is 1. The third-order valence-corrected chi connectivity index (χ3v) is 5.15. The van der Waals surface area contributed by atoms with Crippen molar-refractivity contribution < 1.29 is 4.79 Å². The molecule has 112 valence electrons. The number of aromatic nitrogens is 2. The Hall–Kier alpha value is -1.73. The molecule has 3 rings (SSSR count). The molecule has 6 nitrogen and oxygen atoms in total. The fourth-order valence-electron chi connectivity index (χ4n) is 2.69. The van der Waals surface area contributed by atoms with Crippen LogP contribution in [0, 0.1) is 6.92 Å². The molecule has 0 aliphatic carbocycles. The number of amides is 1. The monoisotopic (exact) mass is 306 g/mol. The maximum atomic E-state index is 12.8. The van der Waals surface area contributed by atoms with Gasteiger partial charge in [-0.1, -0.05) is 0 Å². The summed E-state index contributed by atoms with van der Waals surface area (Å²) in [6, 6.07) is 0.159. The fourth-order valence-corrected chi connectivity index (χ4v) is 3.78. The summed E-state index contributed by atoms with van der Waals surface area (Å²) in [5.41, 5.74) is 0.653. The Morgan fingerprint density at radius 1 is 1.52 bits per heavy atom. The Morgan fingerprint density at radius 2 is 2.29 bits per heavy atom. The number of carbonyl (C=O) groups is 1. The highest BCUT2D eigenvalue weighted by molar-refractivity contribution is 7.20. The molecule has 0 bridgehead atoms. The van der Waals surface area contributed by atoms with E-state index < -0.39 is 0 Å². The van der Waals surface area contributed by atoms with Gasteiger partial charge in [0.05, 0.1) is 16.6 Å². The molecule has 2 aromatic rings. The first-order valence-electron chi connectivity index (χ1n) is 6.97. The summed E-state index contributed by atoms with van der Waals surface area (Å²) in [5, 5.41) is 3.84. The van der Waals surface area contributed by atoms with E-state index in [0.29, 0.717) is 21.6 Å². The van der Waals surface area contributed by atoms with Crippen molar-refractivity contribution in [1.29, 1.82) is 0 Å². The highest BCUT2D eigenvalue weighted by Crippen LogP contribution is 2.28. The van der Waals surface area contributed by atoms with E-state index in [2.05, 4.69) is 10.3 Å². The van der Waals surface area contributed by atoms with Crippen molar-refractivity contribution in [3.05, 3.63) is 27.1 Å². The van der Waals surface area contributed by atoms with Gasteiger partial charge in [-0.3, -0.25) is 9.59 Å². The molecule has 0 spiro atoms. The minimum atomic E-state index is -0.0961. The van der Waals surface area contributed by atoms with Crippen LogP contribution in [0.4, 0.5) is 0 Å². The van der Waals surface area contributed by atoms with Crippen LogP contribution >= 0.6 is 11.3 Å². The van der Waals surface area contributed by atoms with Gasteiger partial charge in [-0.2, -0.15) is 0 Å². The Labute approximate surface area is 126 Å². The molecule has 1 saturated heterocycles. The number of carbonyl (C=O) groups excluding carboxylic acids is 1. The molecule has 7 heteroatoms. The number of piperazine rings is 1. The van der Waals surface area contributed by atoms with Gasteiger partial charge in [0, 0.05) is 32.7 Å².